The third-order valence-electron chi connectivity index (χ3n) is 6.41. The van der Waals surface area contributed by atoms with Crippen LogP contribution in [-0.4, -0.2) is 82.6 Å². The van der Waals surface area contributed by atoms with E-state index in [1.54, 1.807) is 19.9 Å². The van der Waals surface area contributed by atoms with Crippen molar-refractivity contribution in [1.29, 1.82) is 0 Å². The second kappa shape index (κ2) is 14.0. The number of cyclic esters (lactones) is 1. The van der Waals surface area contributed by atoms with Gasteiger partial charge in [0.15, 0.2) is 18.2 Å². The Labute approximate surface area is 217 Å². The minimum absolute atomic E-state index is 0.0276. The molecule has 0 aromatic carbocycles. The molecule has 0 bridgehead atoms. The van der Waals surface area contributed by atoms with Crippen LogP contribution in [0.4, 0.5) is 0 Å². The average molecular weight is 525 g/mol. The Balaban J connectivity index is 2.53. The van der Waals surface area contributed by atoms with Crippen molar-refractivity contribution in [3.8, 4) is 0 Å². The number of aliphatic hydroxyl groups excluding tert-OH is 3. The Morgan fingerprint density at radius 2 is 1.89 bits per heavy atom. The number of rotatable bonds is 7. The first-order chi connectivity index (χ1) is 17.4. The van der Waals surface area contributed by atoms with Gasteiger partial charge in [-0.2, -0.15) is 0 Å². The maximum absolute atomic E-state index is 13.3. The summed E-state index contributed by atoms with van der Waals surface area (Å²) in [6.07, 6.45) is -2.26. The second-order valence-corrected chi connectivity index (χ2v) is 9.96. The summed E-state index contributed by atoms with van der Waals surface area (Å²) in [4.78, 5) is 38.5. The van der Waals surface area contributed by atoms with Gasteiger partial charge in [0, 0.05) is 12.8 Å². The summed E-state index contributed by atoms with van der Waals surface area (Å²) in [5.74, 6) is -2.53. The summed E-state index contributed by atoms with van der Waals surface area (Å²) in [6.45, 7) is 10.0. The van der Waals surface area contributed by atoms with Crippen molar-refractivity contribution in [3.05, 3.63) is 35.5 Å². The summed E-state index contributed by atoms with van der Waals surface area (Å²) in [7, 11) is 0. The van der Waals surface area contributed by atoms with Gasteiger partial charge in [-0.3, -0.25) is 14.4 Å². The van der Waals surface area contributed by atoms with E-state index in [4.69, 9.17) is 18.9 Å². The molecule has 0 saturated carbocycles. The minimum Gasteiger partial charge on any atom is -0.457 e. The van der Waals surface area contributed by atoms with Gasteiger partial charge in [-0.05, 0) is 50.8 Å². The third kappa shape index (κ3) is 8.31. The lowest BCUT2D eigenvalue weighted by molar-refractivity contribution is -0.208. The van der Waals surface area contributed by atoms with Crippen molar-refractivity contribution in [1.82, 2.24) is 0 Å². The van der Waals surface area contributed by atoms with Crippen molar-refractivity contribution in [2.24, 2.45) is 11.8 Å². The molecule has 0 radical (unpaired) electrons. The number of ether oxygens (including phenoxy) is 4. The zero-order chi connectivity index (χ0) is 27.9. The Morgan fingerprint density at radius 1 is 1.22 bits per heavy atom. The molecule has 2 rings (SSSR count). The quantitative estimate of drug-likeness (QED) is 0.332. The van der Waals surface area contributed by atoms with Gasteiger partial charge < -0.3 is 34.3 Å². The lowest BCUT2D eigenvalue weighted by atomic mass is 9.97. The SMILES string of the molecule is C/C=C(/C)[C@H]1C/C=C(/C)[C@@H](O[C@H]2O[C@H](CO)[C@@H](O)[C@@H]2O)[C@H](OC(=O)CC(C)C)C(=O)/C=C\[C@H](C)C(=O)O1. The van der Waals surface area contributed by atoms with E-state index in [2.05, 4.69) is 0 Å². The van der Waals surface area contributed by atoms with Gasteiger partial charge in [-0.25, -0.2) is 0 Å². The molecule has 0 aromatic rings. The topological polar surface area (TPSA) is 149 Å². The molecule has 37 heavy (non-hydrogen) atoms. The highest BCUT2D eigenvalue weighted by atomic mass is 16.7. The van der Waals surface area contributed by atoms with Crippen LogP contribution in [0, 0.1) is 11.8 Å². The number of hydrogen-bond acceptors (Lipinski definition) is 10. The molecule has 10 heteroatoms. The van der Waals surface area contributed by atoms with Gasteiger partial charge in [-0.1, -0.05) is 32.1 Å². The number of hydrogen-bond donors (Lipinski definition) is 3. The van der Waals surface area contributed by atoms with Crippen LogP contribution >= 0.6 is 0 Å². The Bertz CT molecular complexity index is 905. The van der Waals surface area contributed by atoms with Crippen LogP contribution in [0.2, 0.25) is 0 Å². The number of aliphatic hydroxyl groups is 3. The molecule has 10 nitrogen and oxygen atoms in total. The number of allylic oxidation sites excluding steroid dienone is 1. The normalized spacial score (nSPS) is 36.3. The molecule has 0 aromatic heterocycles. The maximum atomic E-state index is 13.3. The number of ketones is 1. The summed E-state index contributed by atoms with van der Waals surface area (Å²) in [5.41, 5.74) is 1.28. The van der Waals surface area contributed by atoms with E-state index in [9.17, 15) is 29.7 Å². The number of carbonyl (C=O) groups is 3. The highest BCUT2D eigenvalue weighted by Gasteiger charge is 2.46. The molecule has 0 aliphatic carbocycles. The van der Waals surface area contributed by atoms with E-state index < -0.39 is 73.2 Å². The van der Waals surface area contributed by atoms with Crippen molar-refractivity contribution >= 4 is 17.7 Å². The van der Waals surface area contributed by atoms with Crippen LogP contribution in [0.1, 0.15) is 54.4 Å². The highest BCUT2D eigenvalue weighted by Crippen LogP contribution is 2.28. The van der Waals surface area contributed by atoms with E-state index in [0.717, 1.165) is 11.6 Å². The fourth-order valence-corrected chi connectivity index (χ4v) is 3.91. The molecule has 2 heterocycles. The van der Waals surface area contributed by atoms with Crippen molar-refractivity contribution in [2.45, 2.75) is 97.3 Å². The monoisotopic (exact) mass is 524 g/mol. The highest BCUT2D eigenvalue weighted by molar-refractivity contribution is 5.96. The first-order valence-corrected chi connectivity index (χ1v) is 12.6. The molecule has 2 aliphatic rings. The van der Waals surface area contributed by atoms with Crippen molar-refractivity contribution < 1.29 is 48.7 Å². The molecule has 3 N–H and O–H groups in total. The minimum atomic E-state index is -1.51. The van der Waals surface area contributed by atoms with Gasteiger partial charge in [0.2, 0.25) is 0 Å². The second-order valence-electron chi connectivity index (χ2n) is 9.96. The lowest BCUT2D eigenvalue weighted by Gasteiger charge is -2.30. The Morgan fingerprint density at radius 3 is 2.46 bits per heavy atom. The summed E-state index contributed by atoms with van der Waals surface area (Å²) in [5, 5.41) is 30.1. The van der Waals surface area contributed by atoms with Crippen LogP contribution in [0.15, 0.2) is 35.5 Å². The van der Waals surface area contributed by atoms with Gasteiger partial charge in [0.05, 0.1) is 12.5 Å². The molecule has 208 valence electrons. The van der Waals surface area contributed by atoms with Gasteiger partial charge in [-0.15, -0.1) is 0 Å². The fraction of sp³-hybridized carbons (Fsp3) is 0.667. The summed E-state index contributed by atoms with van der Waals surface area (Å²) in [6, 6.07) is 0. The largest absolute Gasteiger partial charge is 0.457 e. The predicted molar refractivity (Wildman–Crippen MR) is 133 cm³/mol. The van der Waals surface area contributed by atoms with E-state index in [1.165, 1.54) is 6.08 Å². The van der Waals surface area contributed by atoms with Crippen LogP contribution in [0.3, 0.4) is 0 Å². The standard InChI is InChI=1S/C27H40O10/c1-7-15(4)19-11-9-16(5)24(37-27-23(32)22(31)20(13-28)35-27)25(36-21(30)12-14(2)3)18(29)10-8-17(6)26(33)34-19/h7-10,14,17,19-20,22-25,27-28,31-32H,11-13H2,1-6H3/b10-8-,15-7-,16-9-/t17-,19+,20+,22+,23-,24+,25+,27+/m0/s1. The van der Waals surface area contributed by atoms with Gasteiger partial charge in [0.25, 0.3) is 0 Å². The lowest BCUT2D eigenvalue weighted by Crippen LogP contribution is -2.45. The zero-order valence-electron chi connectivity index (χ0n) is 22.3. The van der Waals surface area contributed by atoms with E-state index in [-0.39, 0.29) is 18.8 Å². The molecule has 1 saturated heterocycles. The average Bonchev–Trinajstić information content (AvgIpc) is 3.12. The van der Waals surface area contributed by atoms with Crippen LogP contribution in [0.5, 0.6) is 0 Å². The molecule has 2 aliphatic heterocycles. The first kappa shape index (κ1) is 30.9. The van der Waals surface area contributed by atoms with E-state index >= 15 is 0 Å². The van der Waals surface area contributed by atoms with Gasteiger partial charge >= 0.3 is 11.9 Å². The Hall–Kier alpha value is -2.37. The molecule has 8 atom stereocenters. The number of esters is 2. The van der Waals surface area contributed by atoms with Crippen LogP contribution < -0.4 is 0 Å². The molecule has 0 spiro atoms. The molecular formula is C27H40O10. The molecular weight excluding hydrogens is 484 g/mol. The number of carbonyl (C=O) groups excluding carboxylic acids is 3. The van der Waals surface area contributed by atoms with Crippen molar-refractivity contribution in [3.63, 3.8) is 0 Å². The van der Waals surface area contributed by atoms with Crippen LogP contribution in [-0.2, 0) is 33.3 Å². The smallest absolute Gasteiger partial charge is 0.313 e. The van der Waals surface area contributed by atoms with Crippen molar-refractivity contribution in [2.75, 3.05) is 6.61 Å². The van der Waals surface area contributed by atoms with E-state index in [1.807, 2.05) is 33.8 Å². The van der Waals surface area contributed by atoms with Gasteiger partial charge in [0.1, 0.15) is 30.5 Å². The van der Waals surface area contributed by atoms with Crippen LogP contribution in [0.25, 0.3) is 0 Å². The van der Waals surface area contributed by atoms with E-state index in [0.29, 0.717) is 5.57 Å². The third-order valence-corrected chi connectivity index (χ3v) is 6.41. The molecule has 0 amide bonds. The fourth-order valence-electron chi connectivity index (χ4n) is 3.91. The molecule has 1 fully saturated rings. The molecule has 0 unspecified atom stereocenters. The summed E-state index contributed by atoms with van der Waals surface area (Å²) >= 11 is 0. The zero-order valence-corrected chi connectivity index (χ0v) is 22.3. The summed E-state index contributed by atoms with van der Waals surface area (Å²) < 4.78 is 22.7. The maximum Gasteiger partial charge on any atom is 0.313 e. The predicted octanol–water partition coefficient (Wildman–Crippen LogP) is 1.76. The Kier molecular flexibility index (Phi) is 11.6. The first-order valence-electron chi connectivity index (χ1n) is 12.6.